The molecule has 3 heterocycles. The molecule has 3 aliphatic rings. The van der Waals surface area contributed by atoms with Gasteiger partial charge < -0.3 is 9.80 Å². The van der Waals surface area contributed by atoms with E-state index >= 15 is 0 Å². The van der Waals surface area contributed by atoms with Gasteiger partial charge in [0, 0.05) is 24.5 Å². The van der Waals surface area contributed by atoms with Gasteiger partial charge in [-0.15, -0.1) is 0 Å². The van der Waals surface area contributed by atoms with Crippen LogP contribution < -0.4 is 0 Å². The maximum Gasteiger partial charge on any atom is 0.416 e. The summed E-state index contributed by atoms with van der Waals surface area (Å²) in [6.07, 6.45) is 1.87. The van der Waals surface area contributed by atoms with E-state index in [1.54, 1.807) is 17.7 Å². The Balaban J connectivity index is 1.45. The van der Waals surface area contributed by atoms with E-state index in [9.17, 15) is 18.0 Å². The van der Waals surface area contributed by atoms with Crippen LogP contribution in [0.4, 0.5) is 13.2 Å². The lowest BCUT2D eigenvalue weighted by Crippen LogP contribution is -2.50. The number of nitrogens with zero attached hydrogens (tertiary/aromatic N) is 4. The number of halogens is 3. The minimum atomic E-state index is -4.42. The predicted molar refractivity (Wildman–Crippen MR) is 120 cm³/mol. The van der Waals surface area contributed by atoms with Crippen molar-refractivity contribution in [3.05, 3.63) is 46.8 Å². The van der Waals surface area contributed by atoms with Crippen molar-refractivity contribution in [2.24, 2.45) is 0 Å². The Morgan fingerprint density at radius 2 is 1.82 bits per heavy atom. The molecule has 1 aromatic heterocycles. The number of piperidine rings is 1. The van der Waals surface area contributed by atoms with Crippen molar-refractivity contribution in [3.63, 3.8) is 0 Å². The van der Waals surface area contributed by atoms with Crippen LogP contribution in [0.5, 0.6) is 0 Å². The maximum atomic E-state index is 13.8. The van der Waals surface area contributed by atoms with Crippen LogP contribution in [0.2, 0.25) is 0 Å². The molecule has 0 N–H and O–H groups in total. The number of carbonyl (C=O) groups is 1. The number of aryl methyl sites for hydroxylation is 1. The topological polar surface area (TPSA) is 41.4 Å². The van der Waals surface area contributed by atoms with E-state index in [0.29, 0.717) is 29.5 Å². The van der Waals surface area contributed by atoms with Crippen LogP contribution in [0, 0.1) is 6.92 Å². The van der Waals surface area contributed by atoms with Crippen molar-refractivity contribution in [1.29, 1.82) is 0 Å². The molecule has 1 aromatic carbocycles. The van der Waals surface area contributed by atoms with Gasteiger partial charge in [0.25, 0.3) is 5.91 Å². The molecule has 33 heavy (non-hydrogen) atoms. The Kier molecular flexibility index (Phi) is 5.75. The number of carbonyl (C=O) groups excluding carboxylic acids is 1. The third-order valence-corrected chi connectivity index (χ3v) is 7.46. The zero-order chi connectivity index (χ0) is 23.3. The summed E-state index contributed by atoms with van der Waals surface area (Å²) in [5.41, 5.74) is 1.59. The average Bonchev–Trinajstić information content (AvgIpc) is 3.34. The highest BCUT2D eigenvalue weighted by Gasteiger charge is 2.39. The number of benzene rings is 1. The molecule has 5 rings (SSSR count). The van der Waals surface area contributed by atoms with Gasteiger partial charge in [-0.3, -0.25) is 4.79 Å². The van der Waals surface area contributed by atoms with Gasteiger partial charge in [0.2, 0.25) is 0 Å². The fourth-order valence-corrected chi connectivity index (χ4v) is 5.59. The molecule has 0 radical (unpaired) electrons. The summed E-state index contributed by atoms with van der Waals surface area (Å²) < 4.78 is 41.5. The molecule has 1 aliphatic carbocycles. The molecule has 2 atom stereocenters. The Morgan fingerprint density at radius 3 is 2.45 bits per heavy atom. The lowest BCUT2D eigenvalue weighted by Gasteiger charge is -2.41. The van der Waals surface area contributed by atoms with Crippen molar-refractivity contribution in [2.45, 2.75) is 76.6 Å². The first kappa shape index (κ1) is 22.4. The smallest absolute Gasteiger partial charge is 0.336 e. The highest BCUT2D eigenvalue weighted by molar-refractivity contribution is 5.97. The second-order valence-corrected chi connectivity index (χ2v) is 9.85. The number of alkyl halides is 3. The second-order valence-electron chi connectivity index (χ2n) is 9.85. The Labute approximate surface area is 192 Å². The maximum absolute atomic E-state index is 13.8. The van der Waals surface area contributed by atoms with Gasteiger partial charge in [-0.05, 0) is 83.7 Å². The molecular formula is C25H31F3N4O. The number of aromatic nitrogens is 2. The highest BCUT2D eigenvalue weighted by Crippen LogP contribution is 2.44. The summed E-state index contributed by atoms with van der Waals surface area (Å²) in [6.45, 7) is 6.92. The minimum Gasteiger partial charge on any atom is -0.336 e. The van der Waals surface area contributed by atoms with Gasteiger partial charge in [-0.1, -0.05) is 6.07 Å². The first-order valence-electron chi connectivity index (χ1n) is 12.1. The monoisotopic (exact) mass is 460 g/mol. The summed E-state index contributed by atoms with van der Waals surface area (Å²) in [6, 6.07) is 5.87. The zero-order valence-corrected chi connectivity index (χ0v) is 19.2. The molecule has 0 bridgehead atoms. The molecule has 0 unspecified atom stereocenters. The van der Waals surface area contributed by atoms with E-state index in [4.69, 9.17) is 0 Å². The second kappa shape index (κ2) is 8.46. The summed E-state index contributed by atoms with van der Waals surface area (Å²) >= 11 is 0. The van der Waals surface area contributed by atoms with E-state index in [1.807, 2.05) is 4.90 Å². The van der Waals surface area contributed by atoms with Gasteiger partial charge in [-0.25, -0.2) is 4.68 Å². The van der Waals surface area contributed by atoms with E-state index < -0.39 is 11.7 Å². The summed E-state index contributed by atoms with van der Waals surface area (Å²) in [5, 5.41) is 4.58. The lowest BCUT2D eigenvalue weighted by molar-refractivity contribution is -0.137. The van der Waals surface area contributed by atoms with Crippen molar-refractivity contribution in [2.75, 3.05) is 19.6 Å². The Morgan fingerprint density at radius 1 is 1.09 bits per heavy atom. The van der Waals surface area contributed by atoms with Crippen LogP contribution in [-0.4, -0.2) is 57.2 Å². The van der Waals surface area contributed by atoms with E-state index in [-0.39, 0.29) is 17.9 Å². The number of hydrogen-bond acceptors (Lipinski definition) is 3. The summed E-state index contributed by atoms with van der Waals surface area (Å²) in [4.78, 5) is 18.3. The van der Waals surface area contributed by atoms with E-state index in [2.05, 4.69) is 16.9 Å². The molecule has 2 saturated heterocycles. The van der Waals surface area contributed by atoms with Crippen LogP contribution in [0.1, 0.15) is 78.7 Å². The zero-order valence-electron chi connectivity index (χ0n) is 19.2. The van der Waals surface area contributed by atoms with Gasteiger partial charge in [0.15, 0.2) is 0 Å². The van der Waals surface area contributed by atoms with Crippen LogP contribution in [0.25, 0.3) is 5.69 Å². The number of amides is 1. The fourth-order valence-electron chi connectivity index (χ4n) is 5.59. The highest BCUT2D eigenvalue weighted by atomic mass is 19.4. The molecule has 2 aliphatic heterocycles. The largest absolute Gasteiger partial charge is 0.416 e. The van der Waals surface area contributed by atoms with Gasteiger partial charge in [0.1, 0.15) is 0 Å². The van der Waals surface area contributed by atoms with Crippen LogP contribution in [0.15, 0.2) is 24.3 Å². The normalized spacial score (nSPS) is 24.5. The van der Waals surface area contributed by atoms with Crippen LogP contribution in [0.3, 0.4) is 0 Å². The lowest BCUT2D eigenvalue weighted by atomic mass is 9.95. The number of rotatable bonds is 4. The van der Waals surface area contributed by atoms with Crippen molar-refractivity contribution >= 4 is 5.91 Å². The molecule has 178 valence electrons. The molecule has 5 nitrogen and oxygen atoms in total. The minimum absolute atomic E-state index is 0.0278. The quantitative estimate of drug-likeness (QED) is 0.633. The van der Waals surface area contributed by atoms with E-state index in [0.717, 1.165) is 56.6 Å². The molecule has 1 amide bonds. The van der Waals surface area contributed by atoms with Crippen molar-refractivity contribution in [1.82, 2.24) is 19.6 Å². The Hall–Kier alpha value is -2.35. The first-order chi connectivity index (χ1) is 15.7. The molecular weight excluding hydrogens is 429 g/mol. The Bertz CT molecular complexity index is 1040. The number of likely N-dealkylation sites (tertiary alicyclic amines) is 2. The molecule has 1 saturated carbocycles. The van der Waals surface area contributed by atoms with Gasteiger partial charge >= 0.3 is 6.18 Å². The molecule has 0 spiro atoms. The third-order valence-electron chi connectivity index (χ3n) is 7.46. The first-order valence-corrected chi connectivity index (χ1v) is 12.1. The molecule has 3 fully saturated rings. The fraction of sp³-hybridized carbons (Fsp3) is 0.600. The third kappa shape index (κ3) is 4.29. The van der Waals surface area contributed by atoms with Gasteiger partial charge in [0.05, 0.1) is 28.2 Å². The summed E-state index contributed by atoms with van der Waals surface area (Å²) in [5.74, 6) is 0.136. The molecule has 8 heteroatoms. The standard InChI is InChI=1S/C25H31F3N4O/c1-16-14-20(30-11-3-4-12-30)10-13-31(16)24(33)22-17(2)29-32(23(22)18-8-9-18)21-7-5-6-19(15-21)25(26,27)28/h5-7,15-16,18,20H,3-4,8-14H2,1-2H3/t16-,20+/m1/s1. The molecule has 2 aromatic rings. The van der Waals surface area contributed by atoms with Crippen LogP contribution >= 0.6 is 0 Å². The number of hydrogen-bond donors (Lipinski definition) is 0. The summed E-state index contributed by atoms with van der Waals surface area (Å²) in [7, 11) is 0. The predicted octanol–water partition coefficient (Wildman–Crippen LogP) is 5.17. The van der Waals surface area contributed by atoms with Crippen LogP contribution in [-0.2, 0) is 6.18 Å². The van der Waals surface area contributed by atoms with E-state index in [1.165, 1.54) is 18.9 Å². The average molecular weight is 461 g/mol. The SMILES string of the molecule is Cc1nn(-c2cccc(C(F)(F)F)c2)c(C2CC2)c1C(=O)N1CC[C@H](N2CCCC2)C[C@H]1C. The van der Waals surface area contributed by atoms with Crippen molar-refractivity contribution in [3.8, 4) is 5.69 Å². The van der Waals surface area contributed by atoms with Gasteiger partial charge in [-0.2, -0.15) is 18.3 Å². The van der Waals surface area contributed by atoms with Crippen molar-refractivity contribution < 1.29 is 18.0 Å².